The quantitative estimate of drug-likeness (QED) is 0.288. The first kappa shape index (κ1) is 25.9. The second-order valence-corrected chi connectivity index (χ2v) is 9.28. The molecule has 194 valence electrons. The Labute approximate surface area is 215 Å². The highest BCUT2D eigenvalue weighted by Gasteiger charge is 2.40. The third-order valence-corrected chi connectivity index (χ3v) is 6.52. The van der Waals surface area contributed by atoms with E-state index in [0.717, 1.165) is 22.2 Å². The van der Waals surface area contributed by atoms with Crippen molar-refractivity contribution >= 4 is 28.7 Å². The van der Waals surface area contributed by atoms with E-state index in [4.69, 9.17) is 9.94 Å². The number of piperidine rings is 1. The summed E-state index contributed by atoms with van der Waals surface area (Å²) in [6.07, 6.45) is 0.922. The van der Waals surface area contributed by atoms with Gasteiger partial charge in [0.2, 0.25) is 5.91 Å². The number of hydrogen-bond acceptors (Lipinski definition) is 6. The lowest BCUT2D eigenvalue weighted by molar-refractivity contribution is -0.131. The summed E-state index contributed by atoms with van der Waals surface area (Å²) in [5.41, 5.74) is 3.85. The maximum absolute atomic E-state index is 13.1. The molecule has 2 aromatic carbocycles. The Hall–Kier alpha value is -4.18. The van der Waals surface area contributed by atoms with Gasteiger partial charge in [-0.15, -0.1) is 0 Å². The molecule has 1 aliphatic heterocycles. The first-order valence-corrected chi connectivity index (χ1v) is 12.1. The maximum Gasteiger partial charge on any atom is 0.317 e. The van der Waals surface area contributed by atoms with Crippen molar-refractivity contribution in [2.45, 2.75) is 38.3 Å². The zero-order chi connectivity index (χ0) is 26.4. The predicted molar refractivity (Wildman–Crippen MR) is 137 cm³/mol. The normalized spacial score (nSPS) is 17.2. The average Bonchev–Trinajstić information content (AvgIpc) is 2.91. The van der Waals surface area contributed by atoms with Crippen LogP contribution in [-0.2, 0) is 11.4 Å². The number of urea groups is 1. The van der Waals surface area contributed by atoms with Crippen LogP contribution in [-0.4, -0.2) is 58.6 Å². The molecular weight excluding hydrogens is 474 g/mol. The number of rotatable bonds is 7. The molecule has 0 bridgehead atoms. The van der Waals surface area contributed by atoms with E-state index in [1.807, 2.05) is 37.3 Å². The minimum absolute atomic E-state index is 0.145. The van der Waals surface area contributed by atoms with E-state index in [-0.39, 0.29) is 24.9 Å². The summed E-state index contributed by atoms with van der Waals surface area (Å²) in [6.45, 7) is 2.95. The monoisotopic (exact) mass is 505 g/mol. The van der Waals surface area contributed by atoms with Gasteiger partial charge in [0, 0.05) is 42.3 Å². The number of aromatic nitrogens is 1. The van der Waals surface area contributed by atoms with Crippen LogP contribution in [0.5, 0.6) is 5.75 Å². The van der Waals surface area contributed by atoms with Crippen molar-refractivity contribution in [3.8, 4) is 5.75 Å². The molecular formula is C27H31N5O5. The number of hydroxylamine groups is 1. The number of fused-ring (bicyclic) bond motifs is 1. The van der Waals surface area contributed by atoms with Crippen LogP contribution in [0.1, 0.15) is 40.9 Å². The Morgan fingerprint density at radius 2 is 1.89 bits per heavy atom. The summed E-state index contributed by atoms with van der Waals surface area (Å²) in [7, 11) is 1.53. The zero-order valence-electron chi connectivity index (χ0n) is 20.9. The topological polar surface area (TPSA) is 133 Å². The Balaban J connectivity index is 1.45. The number of carbonyl (C=O) groups excluding carboxylic acids is 3. The van der Waals surface area contributed by atoms with E-state index in [1.165, 1.54) is 7.05 Å². The minimum Gasteiger partial charge on any atom is -0.489 e. The van der Waals surface area contributed by atoms with Crippen LogP contribution in [0.3, 0.4) is 0 Å². The molecule has 1 fully saturated rings. The summed E-state index contributed by atoms with van der Waals surface area (Å²) in [6, 6.07) is 16.3. The van der Waals surface area contributed by atoms with E-state index in [2.05, 4.69) is 15.6 Å². The fourth-order valence-electron chi connectivity index (χ4n) is 4.79. The molecule has 10 heteroatoms. The Morgan fingerprint density at radius 1 is 1.14 bits per heavy atom. The van der Waals surface area contributed by atoms with Crippen LogP contribution in [0.2, 0.25) is 0 Å². The SMILES string of the molecule is CNC(=O)N1CCCC(CC(=O)NO)(NC(=O)c2ccc(OCc3cc(C)nc4ccccc34)cc2)C1. The summed E-state index contributed by atoms with van der Waals surface area (Å²) in [5, 5.41) is 15.6. The molecule has 1 aliphatic rings. The van der Waals surface area contributed by atoms with Crippen molar-refractivity contribution in [3.05, 3.63) is 71.4 Å². The van der Waals surface area contributed by atoms with Gasteiger partial charge in [0.1, 0.15) is 12.4 Å². The number of benzene rings is 2. The number of nitrogens with one attached hydrogen (secondary N) is 3. The first-order valence-electron chi connectivity index (χ1n) is 12.1. The summed E-state index contributed by atoms with van der Waals surface area (Å²) in [4.78, 5) is 43.5. The van der Waals surface area contributed by atoms with Crippen LogP contribution in [0.15, 0.2) is 54.6 Å². The van der Waals surface area contributed by atoms with Crippen molar-refractivity contribution in [2.75, 3.05) is 20.1 Å². The average molecular weight is 506 g/mol. The van der Waals surface area contributed by atoms with Crippen molar-refractivity contribution < 1.29 is 24.3 Å². The fraction of sp³-hybridized carbons (Fsp3) is 0.333. The van der Waals surface area contributed by atoms with Gasteiger partial charge in [0.25, 0.3) is 5.91 Å². The first-order chi connectivity index (χ1) is 17.8. The van der Waals surface area contributed by atoms with E-state index >= 15 is 0 Å². The molecule has 0 spiro atoms. The third-order valence-electron chi connectivity index (χ3n) is 6.52. The van der Waals surface area contributed by atoms with Crippen molar-refractivity contribution in [3.63, 3.8) is 0 Å². The van der Waals surface area contributed by atoms with E-state index in [0.29, 0.717) is 37.3 Å². The zero-order valence-corrected chi connectivity index (χ0v) is 20.9. The molecule has 10 nitrogen and oxygen atoms in total. The maximum atomic E-state index is 13.1. The van der Waals surface area contributed by atoms with E-state index in [9.17, 15) is 14.4 Å². The van der Waals surface area contributed by atoms with Crippen molar-refractivity contribution in [2.24, 2.45) is 0 Å². The Morgan fingerprint density at radius 3 is 2.62 bits per heavy atom. The van der Waals surface area contributed by atoms with Crippen LogP contribution in [0.4, 0.5) is 4.79 Å². The highest BCUT2D eigenvalue weighted by atomic mass is 16.5. The molecule has 4 rings (SSSR count). The lowest BCUT2D eigenvalue weighted by atomic mass is 9.85. The smallest absolute Gasteiger partial charge is 0.317 e. The van der Waals surface area contributed by atoms with E-state index in [1.54, 1.807) is 34.6 Å². The molecule has 1 saturated heterocycles. The molecule has 4 amide bonds. The molecule has 37 heavy (non-hydrogen) atoms. The predicted octanol–water partition coefficient (Wildman–Crippen LogP) is 2.92. The Bertz CT molecular complexity index is 1300. The summed E-state index contributed by atoms with van der Waals surface area (Å²) in [5.74, 6) is -0.415. The molecule has 3 aromatic rings. The minimum atomic E-state index is -1.01. The highest BCUT2D eigenvalue weighted by molar-refractivity contribution is 5.95. The van der Waals surface area contributed by atoms with Crippen LogP contribution >= 0.6 is 0 Å². The lowest BCUT2D eigenvalue weighted by Gasteiger charge is -2.42. The number of likely N-dealkylation sites (tertiary alicyclic amines) is 1. The highest BCUT2D eigenvalue weighted by Crippen LogP contribution is 2.26. The molecule has 0 radical (unpaired) electrons. The van der Waals surface area contributed by atoms with Crippen LogP contribution in [0.25, 0.3) is 10.9 Å². The number of carbonyl (C=O) groups is 3. The number of hydrogen-bond donors (Lipinski definition) is 4. The second kappa shape index (κ2) is 11.3. The molecule has 4 N–H and O–H groups in total. The van der Waals surface area contributed by atoms with Crippen LogP contribution < -0.4 is 20.9 Å². The molecule has 0 saturated carbocycles. The van der Waals surface area contributed by atoms with Gasteiger partial charge >= 0.3 is 6.03 Å². The molecule has 0 aliphatic carbocycles. The van der Waals surface area contributed by atoms with Gasteiger partial charge in [-0.1, -0.05) is 18.2 Å². The molecule has 1 unspecified atom stereocenters. The Kier molecular flexibility index (Phi) is 7.88. The number of amides is 4. The largest absolute Gasteiger partial charge is 0.489 e. The number of aryl methyl sites for hydroxylation is 1. The van der Waals surface area contributed by atoms with E-state index < -0.39 is 11.4 Å². The number of para-hydroxylation sites is 1. The van der Waals surface area contributed by atoms with Gasteiger partial charge in [0.15, 0.2) is 0 Å². The fourth-order valence-corrected chi connectivity index (χ4v) is 4.79. The second-order valence-electron chi connectivity index (χ2n) is 9.28. The van der Waals surface area contributed by atoms with Gasteiger partial charge in [-0.2, -0.15) is 0 Å². The number of nitrogens with zero attached hydrogens (tertiary/aromatic N) is 2. The molecule has 2 heterocycles. The van der Waals surface area contributed by atoms with Gasteiger partial charge in [-0.25, -0.2) is 10.3 Å². The van der Waals surface area contributed by atoms with Gasteiger partial charge < -0.3 is 20.3 Å². The van der Waals surface area contributed by atoms with Crippen molar-refractivity contribution in [1.82, 2.24) is 26.0 Å². The standard InChI is InChI=1S/C27H31N5O5/c1-18-14-20(22-6-3-4-7-23(22)29-18)16-37-21-10-8-19(9-11-21)25(34)30-27(15-24(33)31-36)12-5-13-32(17-27)26(35)28-2/h3-4,6-11,14,36H,5,12-13,15-17H2,1-2H3,(H,28,35)(H,30,34)(H,31,33). The molecule has 1 aromatic heterocycles. The molecule has 1 atom stereocenters. The lowest BCUT2D eigenvalue weighted by Crippen LogP contribution is -2.62. The summed E-state index contributed by atoms with van der Waals surface area (Å²) < 4.78 is 5.99. The number of ether oxygens (including phenoxy) is 1. The van der Waals surface area contributed by atoms with Gasteiger partial charge in [0.05, 0.1) is 17.5 Å². The van der Waals surface area contributed by atoms with Crippen LogP contribution in [0, 0.1) is 6.92 Å². The summed E-state index contributed by atoms with van der Waals surface area (Å²) >= 11 is 0. The van der Waals surface area contributed by atoms with Crippen molar-refractivity contribution in [1.29, 1.82) is 0 Å². The third kappa shape index (κ3) is 6.15. The number of pyridine rings is 1. The van der Waals surface area contributed by atoms with Gasteiger partial charge in [-0.3, -0.25) is 19.8 Å². The van der Waals surface area contributed by atoms with Gasteiger partial charge in [-0.05, 0) is 56.2 Å².